The van der Waals surface area contributed by atoms with Crippen LogP contribution in [-0.2, 0) is 17.7 Å². The predicted octanol–water partition coefficient (Wildman–Crippen LogP) is 3.41. The molecule has 5 heteroatoms. The first-order valence-corrected chi connectivity index (χ1v) is 8.87. The lowest BCUT2D eigenvalue weighted by molar-refractivity contribution is 0.0224. The van der Waals surface area contributed by atoms with Crippen molar-refractivity contribution in [3.8, 4) is 0 Å². The van der Waals surface area contributed by atoms with Crippen LogP contribution in [0, 0.1) is 5.92 Å². The van der Waals surface area contributed by atoms with Gasteiger partial charge in [-0.15, -0.1) is 0 Å². The number of carbonyl (C=O) groups is 1. The second kappa shape index (κ2) is 6.19. The molecular weight excluding hydrogens is 302 g/mol. The largest absolute Gasteiger partial charge is 0.444 e. The van der Waals surface area contributed by atoms with Crippen molar-refractivity contribution in [2.75, 3.05) is 30.3 Å². The fourth-order valence-electron chi connectivity index (χ4n) is 3.61. The summed E-state index contributed by atoms with van der Waals surface area (Å²) in [5, 5.41) is 0. The van der Waals surface area contributed by atoms with Crippen LogP contribution in [0.4, 0.5) is 16.2 Å². The monoisotopic (exact) mass is 331 g/mol. The van der Waals surface area contributed by atoms with Gasteiger partial charge in [-0.05, 0) is 62.8 Å². The van der Waals surface area contributed by atoms with Crippen molar-refractivity contribution in [3.63, 3.8) is 0 Å². The van der Waals surface area contributed by atoms with Crippen molar-refractivity contribution in [1.29, 1.82) is 0 Å². The van der Waals surface area contributed by atoms with Gasteiger partial charge in [0.2, 0.25) is 0 Å². The average molecular weight is 331 g/mol. The molecule has 1 fully saturated rings. The van der Waals surface area contributed by atoms with Gasteiger partial charge in [-0.2, -0.15) is 0 Å². The Balaban J connectivity index is 1.83. The summed E-state index contributed by atoms with van der Waals surface area (Å²) < 4.78 is 5.51. The molecule has 0 aliphatic carbocycles. The molecule has 2 heterocycles. The van der Waals surface area contributed by atoms with Crippen LogP contribution >= 0.6 is 0 Å². The summed E-state index contributed by atoms with van der Waals surface area (Å²) in [4.78, 5) is 16.6. The molecular formula is C19H29N3O2. The van der Waals surface area contributed by atoms with E-state index in [1.165, 1.54) is 17.7 Å². The van der Waals surface area contributed by atoms with Gasteiger partial charge >= 0.3 is 6.09 Å². The zero-order valence-corrected chi connectivity index (χ0v) is 15.3. The Kier molecular flexibility index (Phi) is 4.37. The summed E-state index contributed by atoms with van der Waals surface area (Å²) in [5.74, 6) is 0.736. The lowest BCUT2D eigenvalue weighted by Crippen LogP contribution is -2.40. The average Bonchev–Trinajstić information content (AvgIpc) is 2.92. The van der Waals surface area contributed by atoms with Crippen LogP contribution in [0.5, 0.6) is 0 Å². The number of carbonyl (C=O) groups excluding carboxylic acids is 1. The number of hydrogen-bond donors (Lipinski definition) is 1. The Morgan fingerprint density at radius 3 is 2.62 bits per heavy atom. The lowest BCUT2D eigenvalue weighted by Gasteiger charge is -2.34. The molecule has 1 aromatic rings. The molecule has 0 aromatic heterocycles. The van der Waals surface area contributed by atoms with E-state index in [0.717, 1.165) is 36.7 Å². The highest BCUT2D eigenvalue weighted by molar-refractivity contribution is 5.72. The summed E-state index contributed by atoms with van der Waals surface area (Å²) in [7, 11) is 0. The summed E-state index contributed by atoms with van der Waals surface area (Å²) in [5.41, 5.74) is 10.2. The molecule has 132 valence electrons. The van der Waals surface area contributed by atoms with Crippen LogP contribution < -0.4 is 10.6 Å². The number of nitrogens with two attached hydrogens (primary N) is 1. The van der Waals surface area contributed by atoms with Gasteiger partial charge in [0.1, 0.15) is 5.60 Å². The SMILES string of the molecule is CC1CCN(c2ccc(N)c3c2CCN(C(=O)OC(C)(C)C)C3)C1. The third-order valence-corrected chi connectivity index (χ3v) is 4.84. The second-order valence-corrected chi connectivity index (χ2v) is 8.12. The molecule has 3 rings (SSSR count). The molecule has 0 spiro atoms. The van der Waals surface area contributed by atoms with Gasteiger partial charge in [0.15, 0.2) is 0 Å². The van der Waals surface area contributed by atoms with Gasteiger partial charge in [-0.3, -0.25) is 0 Å². The fraction of sp³-hybridized carbons (Fsp3) is 0.632. The van der Waals surface area contributed by atoms with Crippen LogP contribution in [0.1, 0.15) is 45.2 Å². The van der Waals surface area contributed by atoms with E-state index in [1.807, 2.05) is 26.8 Å². The van der Waals surface area contributed by atoms with E-state index >= 15 is 0 Å². The normalized spacial score (nSPS) is 20.9. The molecule has 0 bridgehead atoms. The number of anilines is 2. The molecule has 0 saturated carbocycles. The van der Waals surface area contributed by atoms with E-state index in [1.54, 1.807) is 4.90 Å². The van der Waals surface area contributed by atoms with Crippen molar-refractivity contribution in [3.05, 3.63) is 23.3 Å². The van der Waals surface area contributed by atoms with Gasteiger partial charge in [-0.1, -0.05) is 6.92 Å². The molecule has 5 nitrogen and oxygen atoms in total. The first-order chi connectivity index (χ1) is 11.2. The molecule has 2 N–H and O–H groups in total. The van der Waals surface area contributed by atoms with Crippen molar-refractivity contribution < 1.29 is 9.53 Å². The predicted molar refractivity (Wildman–Crippen MR) is 97.2 cm³/mol. The van der Waals surface area contributed by atoms with Crippen molar-refractivity contribution in [2.24, 2.45) is 5.92 Å². The number of ether oxygens (including phenoxy) is 1. The van der Waals surface area contributed by atoms with E-state index in [2.05, 4.69) is 17.9 Å². The van der Waals surface area contributed by atoms with Gasteiger partial charge in [0.25, 0.3) is 0 Å². The van der Waals surface area contributed by atoms with Crippen LogP contribution in [0.25, 0.3) is 0 Å². The first kappa shape index (κ1) is 16.9. The second-order valence-electron chi connectivity index (χ2n) is 8.12. The fourth-order valence-corrected chi connectivity index (χ4v) is 3.61. The van der Waals surface area contributed by atoms with Crippen molar-refractivity contribution in [2.45, 2.75) is 52.7 Å². The topological polar surface area (TPSA) is 58.8 Å². The number of nitrogen functional groups attached to an aromatic ring is 1. The molecule has 24 heavy (non-hydrogen) atoms. The summed E-state index contributed by atoms with van der Waals surface area (Å²) in [6, 6.07) is 4.13. The number of hydrogen-bond acceptors (Lipinski definition) is 4. The molecule has 1 amide bonds. The standard InChI is InChI=1S/C19H29N3O2/c1-13-7-9-21(11-13)17-6-5-16(20)15-12-22(10-8-14(15)17)18(23)24-19(2,3)4/h5-6,13H,7-12,20H2,1-4H3. The maximum Gasteiger partial charge on any atom is 0.410 e. The van der Waals surface area contributed by atoms with Crippen LogP contribution in [0.3, 0.4) is 0 Å². The maximum atomic E-state index is 12.4. The van der Waals surface area contributed by atoms with E-state index in [9.17, 15) is 4.79 Å². The van der Waals surface area contributed by atoms with Crippen LogP contribution in [-0.4, -0.2) is 36.2 Å². The van der Waals surface area contributed by atoms with E-state index in [-0.39, 0.29) is 6.09 Å². The highest BCUT2D eigenvalue weighted by atomic mass is 16.6. The molecule has 0 radical (unpaired) electrons. The number of rotatable bonds is 1. The van der Waals surface area contributed by atoms with Gasteiger partial charge < -0.3 is 20.3 Å². The molecule has 1 atom stereocenters. The zero-order valence-electron chi connectivity index (χ0n) is 15.3. The molecule has 1 aromatic carbocycles. The Morgan fingerprint density at radius 2 is 2.00 bits per heavy atom. The maximum absolute atomic E-state index is 12.4. The number of fused-ring (bicyclic) bond motifs is 1. The van der Waals surface area contributed by atoms with E-state index in [0.29, 0.717) is 13.1 Å². The minimum atomic E-state index is -0.476. The number of amides is 1. The van der Waals surface area contributed by atoms with Crippen molar-refractivity contribution >= 4 is 17.5 Å². The van der Waals surface area contributed by atoms with Crippen LogP contribution in [0.15, 0.2) is 12.1 Å². The van der Waals surface area contributed by atoms with E-state index in [4.69, 9.17) is 10.5 Å². The number of benzene rings is 1. The van der Waals surface area contributed by atoms with Crippen LogP contribution in [0.2, 0.25) is 0 Å². The smallest absolute Gasteiger partial charge is 0.410 e. The third-order valence-electron chi connectivity index (χ3n) is 4.84. The molecule has 2 aliphatic rings. The summed E-state index contributed by atoms with van der Waals surface area (Å²) in [6.45, 7) is 11.4. The molecule has 1 saturated heterocycles. The Labute approximate surface area is 144 Å². The van der Waals surface area contributed by atoms with Gasteiger partial charge in [-0.25, -0.2) is 4.79 Å². The molecule has 2 aliphatic heterocycles. The number of nitrogens with zero attached hydrogens (tertiary/aromatic N) is 2. The minimum absolute atomic E-state index is 0.257. The van der Waals surface area contributed by atoms with Gasteiger partial charge in [0, 0.05) is 31.0 Å². The minimum Gasteiger partial charge on any atom is -0.444 e. The highest BCUT2D eigenvalue weighted by Gasteiger charge is 2.30. The molecule has 1 unspecified atom stereocenters. The van der Waals surface area contributed by atoms with Crippen molar-refractivity contribution in [1.82, 2.24) is 4.90 Å². The van der Waals surface area contributed by atoms with Gasteiger partial charge in [0.05, 0.1) is 6.54 Å². The summed E-state index contributed by atoms with van der Waals surface area (Å²) in [6.07, 6.45) is 1.82. The Hall–Kier alpha value is -1.91. The zero-order chi connectivity index (χ0) is 17.5. The highest BCUT2D eigenvalue weighted by Crippen LogP contribution is 2.35. The third kappa shape index (κ3) is 3.45. The Bertz CT molecular complexity index is 636. The quantitative estimate of drug-likeness (QED) is 0.801. The Morgan fingerprint density at radius 1 is 1.25 bits per heavy atom. The summed E-state index contributed by atoms with van der Waals surface area (Å²) >= 11 is 0. The first-order valence-electron chi connectivity index (χ1n) is 8.87. The van der Waals surface area contributed by atoms with E-state index < -0.39 is 5.60 Å². The lowest BCUT2D eigenvalue weighted by atomic mass is 9.95.